The van der Waals surface area contributed by atoms with Gasteiger partial charge in [0, 0.05) is 5.02 Å². The van der Waals surface area contributed by atoms with Gasteiger partial charge in [0.15, 0.2) is 0 Å². The Labute approximate surface area is 141 Å². The van der Waals surface area contributed by atoms with E-state index < -0.39 is 23.7 Å². The van der Waals surface area contributed by atoms with Crippen molar-refractivity contribution in [3.05, 3.63) is 70.5 Å². The van der Waals surface area contributed by atoms with Gasteiger partial charge in [-0.1, -0.05) is 23.7 Å². The second-order valence-corrected chi connectivity index (χ2v) is 5.43. The molecule has 24 heavy (non-hydrogen) atoms. The Kier molecular flexibility index (Phi) is 4.14. The molecule has 7 heteroatoms. The third-order valence-electron chi connectivity index (χ3n) is 3.35. The molecule has 3 rings (SSSR count). The average Bonchev–Trinajstić information content (AvgIpc) is 2.53. The lowest BCUT2D eigenvalue weighted by atomic mass is 10.1. The SMILES string of the molecule is O=C1NC(=O)N(c2ccc(Cl)cc2)C(=O)/C1=C\c1cccc(F)c1. The van der Waals surface area contributed by atoms with Crippen molar-refractivity contribution < 1.29 is 18.8 Å². The molecule has 120 valence electrons. The van der Waals surface area contributed by atoms with Crippen molar-refractivity contribution >= 4 is 41.2 Å². The number of hydrogen-bond acceptors (Lipinski definition) is 3. The normalized spacial score (nSPS) is 16.5. The molecule has 1 N–H and O–H groups in total. The quantitative estimate of drug-likeness (QED) is 0.672. The number of imide groups is 2. The largest absolute Gasteiger partial charge is 0.335 e. The molecule has 1 aliphatic rings. The Morgan fingerprint density at radius 2 is 1.75 bits per heavy atom. The summed E-state index contributed by atoms with van der Waals surface area (Å²) in [4.78, 5) is 37.4. The van der Waals surface area contributed by atoms with E-state index in [1.807, 2.05) is 0 Å². The van der Waals surface area contributed by atoms with Crippen LogP contribution in [0.1, 0.15) is 5.56 Å². The number of anilines is 1. The number of carbonyl (C=O) groups is 3. The molecule has 0 spiro atoms. The first-order valence-corrected chi connectivity index (χ1v) is 7.26. The van der Waals surface area contributed by atoms with Gasteiger partial charge in [0.25, 0.3) is 11.8 Å². The van der Waals surface area contributed by atoms with E-state index in [4.69, 9.17) is 11.6 Å². The summed E-state index contributed by atoms with van der Waals surface area (Å²) in [7, 11) is 0. The maximum atomic E-state index is 13.3. The van der Waals surface area contributed by atoms with Crippen LogP contribution >= 0.6 is 11.6 Å². The summed E-state index contributed by atoms with van der Waals surface area (Å²) < 4.78 is 13.3. The van der Waals surface area contributed by atoms with Crippen LogP contribution in [-0.4, -0.2) is 17.8 Å². The average molecular weight is 345 g/mol. The number of hydrogen-bond donors (Lipinski definition) is 1. The van der Waals surface area contributed by atoms with E-state index in [0.717, 1.165) is 4.90 Å². The van der Waals surface area contributed by atoms with Crippen LogP contribution in [0.15, 0.2) is 54.1 Å². The highest BCUT2D eigenvalue weighted by molar-refractivity contribution is 6.39. The molecular weight excluding hydrogens is 335 g/mol. The van der Waals surface area contributed by atoms with Crippen molar-refractivity contribution in [2.45, 2.75) is 0 Å². The van der Waals surface area contributed by atoms with Gasteiger partial charge in [0.1, 0.15) is 11.4 Å². The molecule has 4 amide bonds. The first-order chi connectivity index (χ1) is 11.5. The number of nitrogens with zero attached hydrogens (tertiary/aromatic N) is 1. The second kappa shape index (κ2) is 6.25. The highest BCUT2D eigenvalue weighted by Crippen LogP contribution is 2.23. The molecule has 1 heterocycles. The number of rotatable bonds is 2. The van der Waals surface area contributed by atoms with Crippen LogP contribution in [0.4, 0.5) is 14.9 Å². The molecule has 2 aromatic rings. The Balaban J connectivity index is 2.01. The number of amides is 4. The van der Waals surface area contributed by atoms with Crippen molar-refractivity contribution in [1.29, 1.82) is 0 Å². The first kappa shape index (κ1) is 15.9. The molecule has 0 unspecified atom stereocenters. The summed E-state index contributed by atoms with van der Waals surface area (Å²) in [6.45, 7) is 0. The predicted molar refractivity (Wildman–Crippen MR) is 86.9 cm³/mol. The number of nitrogens with one attached hydrogen (secondary N) is 1. The van der Waals surface area contributed by atoms with E-state index in [1.54, 1.807) is 6.07 Å². The lowest BCUT2D eigenvalue weighted by Gasteiger charge is -2.26. The highest BCUT2D eigenvalue weighted by atomic mass is 35.5. The second-order valence-electron chi connectivity index (χ2n) is 4.99. The minimum atomic E-state index is -0.858. The van der Waals surface area contributed by atoms with Gasteiger partial charge in [0.2, 0.25) is 0 Å². The molecule has 5 nitrogen and oxygen atoms in total. The van der Waals surface area contributed by atoms with Crippen LogP contribution in [0.2, 0.25) is 5.02 Å². The van der Waals surface area contributed by atoms with Crippen LogP contribution in [0, 0.1) is 5.82 Å². The Morgan fingerprint density at radius 1 is 1.04 bits per heavy atom. The number of barbiturate groups is 1. The molecule has 1 saturated heterocycles. The zero-order chi connectivity index (χ0) is 17.3. The molecule has 2 aromatic carbocycles. The van der Waals surface area contributed by atoms with Crippen LogP contribution in [0.25, 0.3) is 6.08 Å². The molecule has 0 bridgehead atoms. The van der Waals surface area contributed by atoms with Crippen molar-refractivity contribution in [2.24, 2.45) is 0 Å². The Bertz CT molecular complexity index is 878. The third kappa shape index (κ3) is 3.04. The van der Waals surface area contributed by atoms with Crippen LogP contribution in [0.3, 0.4) is 0 Å². The van der Waals surface area contributed by atoms with E-state index in [1.165, 1.54) is 48.5 Å². The maximum absolute atomic E-state index is 13.3. The number of benzene rings is 2. The van der Waals surface area contributed by atoms with Crippen LogP contribution in [-0.2, 0) is 9.59 Å². The predicted octanol–water partition coefficient (Wildman–Crippen LogP) is 3.15. The molecule has 0 atom stereocenters. The van der Waals surface area contributed by atoms with E-state index in [0.29, 0.717) is 10.6 Å². The molecule has 0 aromatic heterocycles. The number of urea groups is 1. The fourth-order valence-electron chi connectivity index (χ4n) is 2.25. The smallest absolute Gasteiger partial charge is 0.273 e. The molecule has 0 aliphatic carbocycles. The van der Waals surface area contributed by atoms with E-state index >= 15 is 0 Å². The van der Waals surface area contributed by atoms with Crippen molar-refractivity contribution in [2.75, 3.05) is 4.90 Å². The van der Waals surface area contributed by atoms with Gasteiger partial charge in [-0.15, -0.1) is 0 Å². The van der Waals surface area contributed by atoms with E-state index in [2.05, 4.69) is 5.32 Å². The van der Waals surface area contributed by atoms with Gasteiger partial charge >= 0.3 is 6.03 Å². The highest BCUT2D eigenvalue weighted by Gasteiger charge is 2.36. The maximum Gasteiger partial charge on any atom is 0.335 e. The summed E-state index contributed by atoms with van der Waals surface area (Å²) in [5.41, 5.74) is 0.327. The summed E-state index contributed by atoms with van der Waals surface area (Å²) in [5, 5.41) is 2.53. The standard InChI is InChI=1S/C17H10ClFN2O3/c18-11-4-6-13(7-5-11)21-16(23)14(15(22)20-17(21)24)9-10-2-1-3-12(19)8-10/h1-9H,(H,20,22,24)/b14-9-. The fraction of sp³-hybridized carbons (Fsp3) is 0. The van der Waals surface area contributed by atoms with Crippen molar-refractivity contribution in [1.82, 2.24) is 5.32 Å². The summed E-state index contributed by atoms with van der Waals surface area (Å²) in [5.74, 6) is -2.13. The molecule has 1 aliphatic heterocycles. The fourth-order valence-corrected chi connectivity index (χ4v) is 2.37. The van der Waals surface area contributed by atoms with Crippen LogP contribution in [0.5, 0.6) is 0 Å². The van der Waals surface area contributed by atoms with Gasteiger partial charge in [-0.3, -0.25) is 14.9 Å². The van der Waals surface area contributed by atoms with Crippen LogP contribution < -0.4 is 10.2 Å². The first-order valence-electron chi connectivity index (χ1n) is 6.88. The minimum absolute atomic E-state index is 0.263. The number of carbonyl (C=O) groups excluding carboxylic acids is 3. The zero-order valence-electron chi connectivity index (χ0n) is 12.1. The summed E-state index contributed by atoms with van der Waals surface area (Å²) in [6.07, 6.45) is 1.23. The van der Waals surface area contributed by atoms with E-state index in [9.17, 15) is 18.8 Å². The minimum Gasteiger partial charge on any atom is -0.273 e. The van der Waals surface area contributed by atoms with Crippen molar-refractivity contribution in [3.8, 4) is 0 Å². The monoisotopic (exact) mass is 344 g/mol. The Morgan fingerprint density at radius 3 is 2.42 bits per heavy atom. The summed E-state index contributed by atoms with van der Waals surface area (Å²) in [6, 6.07) is 10.6. The van der Waals surface area contributed by atoms with Gasteiger partial charge in [-0.05, 0) is 48.0 Å². The lowest BCUT2D eigenvalue weighted by molar-refractivity contribution is -0.122. The van der Waals surface area contributed by atoms with Gasteiger partial charge in [0.05, 0.1) is 5.69 Å². The number of halogens is 2. The van der Waals surface area contributed by atoms with E-state index in [-0.39, 0.29) is 11.3 Å². The third-order valence-corrected chi connectivity index (χ3v) is 3.60. The Hall–Kier alpha value is -2.99. The molecule has 1 fully saturated rings. The molecular formula is C17H10ClFN2O3. The molecule has 0 radical (unpaired) electrons. The van der Waals surface area contributed by atoms with Gasteiger partial charge < -0.3 is 0 Å². The lowest BCUT2D eigenvalue weighted by Crippen LogP contribution is -2.54. The van der Waals surface area contributed by atoms with Crippen molar-refractivity contribution in [3.63, 3.8) is 0 Å². The zero-order valence-corrected chi connectivity index (χ0v) is 12.9. The topological polar surface area (TPSA) is 66.5 Å². The van der Waals surface area contributed by atoms with Gasteiger partial charge in [-0.25, -0.2) is 14.1 Å². The molecule has 0 saturated carbocycles. The van der Waals surface area contributed by atoms with Gasteiger partial charge in [-0.2, -0.15) is 0 Å². The summed E-state index contributed by atoms with van der Waals surface area (Å²) >= 11 is 5.79.